The van der Waals surface area contributed by atoms with Crippen molar-refractivity contribution in [2.24, 2.45) is 17.8 Å². The highest BCUT2D eigenvalue weighted by Gasteiger charge is 2.19. The second-order valence-electron chi connectivity index (χ2n) is 10.5. The van der Waals surface area contributed by atoms with Crippen LogP contribution in [0.4, 0.5) is 0 Å². The minimum absolute atomic E-state index is 0.585. The van der Waals surface area contributed by atoms with Crippen molar-refractivity contribution < 1.29 is 9.16 Å². The Morgan fingerprint density at radius 3 is 2.49 bits per heavy atom. The molecule has 1 aliphatic rings. The van der Waals surface area contributed by atoms with Crippen LogP contribution < -0.4 is 9.16 Å². The topological polar surface area (TPSA) is 57.1 Å². The van der Waals surface area contributed by atoms with E-state index in [9.17, 15) is 0 Å². The third-order valence-electron chi connectivity index (χ3n) is 7.39. The lowest BCUT2D eigenvalue weighted by atomic mass is 9.88. The zero-order valence-corrected chi connectivity index (χ0v) is 23.8. The van der Waals surface area contributed by atoms with Crippen LogP contribution in [0.2, 0.25) is 6.04 Å². The second kappa shape index (κ2) is 15.9. The molecule has 0 bridgehead atoms. The van der Waals surface area contributed by atoms with E-state index in [0.29, 0.717) is 12.5 Å². The molecule has 2 aromatic heterocycles. The molecule has 6 heteroatoms. The van der Waals surface area contributed by atoms with Crippen LogP contribution in [-0.2, 0) is 0 Å². The van der Waals surface area contributed by atoms with Crippen molar-refractivity contribution in [3.8, 4) is 23.0 Å². The fourth-order valence-corrected chi connectivity index (χ4v) is 5.62. The van der Waals surface area contributed by atoms with Gasteiger partial charge in [0.1, 0.15) is 17.1 Å². The van der Waals surface area contributed by atoms with E-state index in [1.165, 1.54) is 76.7 Å². The van der Waals surface area contributed by atoms with E-state index in [-0.39, 0.29) is 0 Å². The summed E-state index contributed by atoms with van der Waals surface area (Å²) in [4.78, 5) is 13.6. The van der Waals surface area contributed by atoms with Gasteiger partial charge in [-0.25, -0.2) is 9.97 Å². The predicted molar refractivity (Wildman–Crippen MR) is 148 cm³/mol. The third-order valence-corrected chi connectivity index (χ3v) is 8.69. The van der Waals surface area contributed by atoms with Gasteiger partial charge in [-0.1, -0.05) is 91.4 Å². The fourth-order valence-electron chi connectivity index (χ4n) is 4.53. The van der Waals surface area contributed by atoms with Crippen LogP contribution >= 0.6 is 0 Å². The lowest BCUT2D eigenvalue weighted by molar-refractivity contribution is 0.292. The van der Waals surface area contributed by atoms with Gasteiger partial charge >= 0.3 is 0 Å². The molecule has 194 valence electrons. The SMILES string of the molecule is CCCCC(C)C(C)CCC[SiH2]Oc1cccnc1-c1cnc(OCCCCCCC2CC2)cn1. The van der Waals surface area contributed by atoms with Crippen molar-refractivity contribution in [3.05, 3.63) is 30.7 Å². The molecule has 0 aliphatic heterocycles. The van der Waals surface area contributed by atoms with E-state index >= 15 is 0 Å². The normalized spacial score (nSPS) is 15.4. The van der Waals surface area contributed by atoms with Gasteiger partial charge in [0.15, 0.2) is 0 Å². The summed E-state index contributed by atoms with van der Waals surface area (Å²) in [5.41, 5.74) is 1.51. The first-order chi connectivity index (χ1) is 17.2. The standard InChI is InChI=1S/C29H47N3O2Si/c1-4-5-12-23(2)24(3)13-11-20-35-34-27-15-10-18-30-29(27)26-21-32-28(22-31-26)33-19-9-7-6-8-14-25-16-17-25/h10,15,18,21-25H,4-9,11-14,16-17,19-20,35H2,1-3H3. The van der Waals surface area contributed by atoms with Gasteiger partial charge in [0, 0.05) is 6.20 Å². The Balaban J connectivity index is 1.36. The number of aromatic nitrogens is 3. The lowest BCUT2D eigenvalue weighted by Crippen LogP contribution is -2.09. The first-order valence-electron chi connectivity index (χ1n) is 14.2. The van der Waals surface area contributed by atoms with E-state index in [2.05, 4.69) is 35.7 Å². The van der Waals surface area contributed by atoms with Gasteiger partial charge in [-0.2, -0.15) is 0 Å². The molecule has 1 fully saturated rings. The number of nitrogens with zero attached hydrogens (tertiary/aromatic N) is 3. The van der Waals surface area contributed by atoms with E-state index in [4.69, 9.17) is 9.16 Å². The molecule has 0 N–H and O–H groups in total. The molecule has 35 heavy (non-hydrogen) atoms. The van der Waals surface area contributed by atoms with Crippen molar-refractivity contribution in [2.45, 2.75) is 104 Å². The molecule has 2 aromatic rings. The number of unbranched alkanes of at least 4 members (excludes halogenated alkanes) is 4. The van der Waals surface area contributed by atoms with Gasteiger partial charge in [-0.15, -0.1) is 0 Å². The minimum Gasteiger partial charge on any atom is -0.548 e. The summed E-state index contributed by atoms with van der Waals surface area (Å²) in [5, 5.41) is 0. The van der Waals surface area contributed by atoms with Crippen molar-refractivity contribution in [1.29, 1.82) is 0 Å². The summed E-state index contributed by atoms with van der Waals surface area (Å²) >= 11 is 0. The molecule has 2 heterocycles. The van der Waals surface area contributed by atoms with Gasteiger partial charge < -0.3 is 9.16 Å². The van der Waals surface area contributed by atoms with Crippen LogP contribution in [-0.4, -0.2) is 31.3 Å². The van der Waals surface area contributed by atoms with Crippen molar-refractivity contribution in [1.82, 2.24) is 15.0 Å². The Labute approximate surface area is 215 Å². The van der Waals surface area contributed by atoms with Crippen molar-refractivity contribution >= 4 is 9.76 Å². The summed E-state index contributed by atoms with van der Waals surface area (Å²) in [5.74, 6) is 4.09. The van der Waals surface area contributed by atoms with Crippen molar-refractivity contribution in [2.75, 3.05) is 6.61 Å². The number of hydrogen-bond donors (Lipinski definition) is 0. The lowest BCUT2D eigenvalue weighted by Gasteiger charge is -2.19. The van der Waals surface area contributed by atoms with Gasteiger partial charge in [-0.05, 0) is 42.4 Å². The molecule has 0 radical (unpaired) electrons. The number of pyridine rings is 1. The van der Waals surface area contributed by atoms with E-state index in [0.717, 1.165) is 41.3 Å². The molecular weight excluding hydrogens is 450 g/mol. The van der Waals surface area contributed by atoms with E-state index in [1.807, 2.05) is 12.1 Å². The van der Waals surface area contributed by atoms with Crippen LogP contribution in [0.1, 0.15) is 97.8 Å². The maximum Gasteiger partial charge on any atom is 0.232 e. The first-order valence-corrected chi connectivity index (χ1v) is 15.8. The Morgan fingerprint density at radius 1 is 0.943 bits per heavy atom. The molecule has 0 spiro atoms. The van der Waals surface area contributed by atoms with E-state index in [1.54, 1.807) is 18.6 Å². The summed E-state index contributed by atoms with van der Waals surface area (Å²) < 4.78 is 12.0. The largest absolute Gasteiger partial charge is 0.548 e. The molecule has 0 amide bonds. The molecule has 1 aliphatic carbocycles. The predicted octanol–water partition coefficient (Wildman–Crippen LogP) is 7.40. The second-order valence-corrected chi connectivity index (χ2v) is 11.9. The third kappa shape index (κ3) is 10.7. The van der Waals surface area contributed by atoms with Gasteiger partial charge in [0.25, 0.3) is 0 Å². The van der Waals surface area contributed by atoms with Gasteiger partial charge in [0.05, 0.1) is 19.0 Å². The summed E-state index contributed by atoms with van der Waals surface area (Å²) in [6.07, 6.45) is 21.1. The highest BCUT2D eigenvalue weighted by atomic mass is 28.2. The smallest absolute Gasteiger partial charge is 0.232 e. The first kappa shape index (κ1) is 27.6. The summed E-state index contributed by atoms with van der Waals surface area (Å²) in [7, 11) is -0.639. The molecule has 0 saturated heterocycles. The Hall–Kier alpha value is -1.95. The summed E-state index contributed by atoms with van der Waals surface area (Å²) in [6.45, 7) is 7.80. The fraction of sp³-hybridized carbons (Fsp3) is 0.690. The average molecular weight is 498 g/mol. The zero-order chi connectivity index (χ0) is 24.7. The molecule has 5 nitrogen and oxygen atoms in total. The maximum atomic E-state index is 6.24. The quantitative estimate of drug-likeness (QED) is 0.149. The van der Waals surface area contributed by atoms with Crippen LogP contribution in [0.5, 0.6) is 11.6 Å². The van der Waals surface area contributed by atoms with Gasteiger partial charge in [-0.3, -0.25) is 4.98 Å². The molecule has 2 atom stereocenters. The van der Waals surface area contributed by atoms with Crippen LogP contribution in [0.15, 0.2) is 30.7 Å². The van der Waals surface area contributed by atoms with Gasteiger partial charge in [0.2, 0.25) is 15.6 Å². The Morgan fingerprint density at radius 2 is 1.74 bits per heavy atom. The number of hydrogen-bond acceptors (Lipinski definition) is 5. The van der Waals surface area contributed by atoms with Crippen molar-refractivity contribution in [3.63, 3.8) is 0 Å². The average Bonchev–Trinajstić information content (AvgIpc) is 3.71. The number of rotatable bonds is 19. The number of ether oxygens (including phenoxy) is 1. The molecular formula is C29H47N3O2Si. The van der Waals surface area contributed by atoms with Crippen LogP contribution in [0, 0.1) is 17.8 Å². The van der Waals surface area contributed by atoms with E-state index < -0.39 is 9.76 Å². The Bertz CT molecular complexity index is 829. The van der Waals surface area contributed by atoms with Crippen LogP contribution in [0.25, 0.3) is 11.4 Å². The molecule has 3 rings (SSSR count). The molecule has 2 unspecified atom stereocenters. The molecule has 1 saturated carbocycles. The summed E-state index contributed by atoms with van der Waals surface area (Å²) in [6, 6.07) is 5.12. The Kier molecular flexibility index (Phi) is 12.6. The highest BCUT2D eigenvalue weighted by Crippen LogP contribution is 2.34. The van der Waals surface area contributed by atoms with Crippen LogP contribution in [0.3, 0.4) is 0 Å². The zero-order valence-electron chi connectivity index (χ0n) is 22.4. The monoisotopic (exact) mass is 497 g/mol. The minimum atomic E-state index is -0.639. The molecule has 0 aromatic carbocycles. The highest BCUT2D eigenvalue weighted by molar-refractivity contribution is 6.28. The maximum absolute atomic E-state index is 6.24.